The first-order valence-corrected chi connectivity index (χ1v) is 8.52. The summed E-state index contributed by atoms with van der Waals surface area (Å²) in [5.41, 5.74) is 0.915. The highest BCUT2D eigenvalue weighted by atomic mass is 16.2. The zero-order chi connectivity index (χ0) is 18.0. The van der Waals surface area contributed by atoms with E-state index in [2.05, 4.69) is 5.32 Å². The third kappa shape index (κ3) is 3.40. The molecule has 1 aliphatic carbocycles. The number of benzene rings is 1. The second kappa shape index (κ2) is 7.04. The molecule has 0 aromatic heterocycles. The van der Waals surface area contributed by atoms with Crippen molar-refractivity contribution in [2.45, 2.75) is 44.7 Å². The maximum atomic E-state index is 12.4. The predicted octanol–water partition coefficient (Wildman–Crippen LogP) is 1.60. The molecule has 132 valence electrons. The Hall–Kier alpha value is -2.70. The van der Waals surface area contributed by atoms with Crippen molar-refractivity contribution < 1.29 is 19.2 Å². The minimum absolute atomic E-state index is 0.222. The van der Waals surface area contributed by atoms with Crippen LogP contribution in [0.2, 0.25) is 0 Å². The van der Waals surface area contributed by atoms with Gasteiger partial charge in [0, 0.05) is 6.04 Å². The highest BCUT2D eigenvalue weighted by Crippen LogP contribution is 2.27. The Morgan fingerprint density at radius 3 is 2.40 bits per heavy atom. The number of nitrogens with one attached hydrogen (secondary N) is 1. The Morgan fingerprint density at radius 1 is 1.12 bits per heavy atom. The van der Waals surface area contributed by atoms with Gasteiger partial charge >= 0.3 is 17.8 Å². The van der Waals surface area contributed by atoms with Gasteiger partial charge in [0.2, 0.25) is 5.91 Å². The van der Waals surface area contributed by atoms with Crippen LogP contribution in [0.4, 0.5) is 4.79 Å². The van der Waals surface area contributed by atoms with E-state index in [9.17, 15) is 19.2 Å². The highest BCUT2D eigenvalue weighted by molar-refractivity contribution is 6.45. The second-order valence-corrected chi connectivity index (χ2v) is 6.49. The van der Waals surface area contributed by atoms with E-state index >= 15 is 0 Å². The normalized spacial score (nSPS) is 19.6. The van der Waals surface area contributed by atoms with Gasteiger partial charge in [0.1, 0.15) is 6.54 Å². The number of amides is 5. The second-order valence-electron chi connectivity index (χ2n) is 6.49. The maximum absolute atomic E-state index is 12.4. The summed E-state index contributed by atoms with van der Waals surface area (Å²) in [5, 5.41) is 2.75. The van der Waals surface area contributed by atoms with Crippen LogP contribution in [0.5, 0.6) is 0 Å². The van der Waals surface area contributed by atoms with Gasteiger partial charge in [-0.15, -0.1) is 0 Å². The van der Waals surface area contributed by atoms with Crippen LogP contribution in [0, 0.1) is 0 Å². The number of urea groups is 1. The third-order valence-corrected chi connectivity index (χ3v) is 4.75. The van der Waals surface area contributed by atoms with Gasteiger partial charge in [-0.1, -0.05) is 43.2 Å². The Kier molecular flexibility index (Phi) is 4.83. The van der Waals surface area contributed by atoms with Crippen molar-refractivity contribution in [2.24, 2.45) is 0 Å². The SMILES string of the molecule is CC(NC(=O)CN1C(=O)C(=O)N(C2CCCC2)C1=O)c1ccccc1. The van der Waals surface area contributed by atoms with Crippen molar-refractivity contribution in [1.29, 1.82) is 0 Å². The lowest BCUT2D eigenvalue weighted by Gasteiger charge is -2.21. The van der Waals surface area contributed by atoms with E-state index in [0.717, 1.165) is 41.0 Å². The maximum Gasteiger partial charge on any atom is 0.334 e. The number of carbonyl (C=O) groups is 4. The molecule has 1 saturated heterocycles. The molecule has 5 amide bonds. The minimum atomic E-state index is -0.917. The molecule has 25 heavy (non-hydrogen) atoms. The first kappa shape index (κ1) is 17.1. The zero-order valence-electron chi connectivity index (χ0n) is 14.1. The number of hydrogen-bond acceptors (Lipinski definition) is 4. The molecule has 1 heterocycles. The third-order valence-electron chi connectivity index (χ3n) is 4.75. The zero-order valence-corrected chi connectivity index (χ0v) is 14.1. The van der Waals surface area contributed by atoms with Gasteiger partial charge in [-0.25, -0.2) is 9.69 Å². The van der Waals surface area contributed by atoms with Crippen molar-refractivity contribution in [3.05, 3.63) is 35.9 Å². The van der Waals surface area contributed by atoms with Crippen molar-refractivity contribution in [2.75, 3.05) is 6.54 Å². The summed E-state index contributed by atoms with van der Waals surface area (Å²) in [6, 6.07) is 8.20. The lowest BCUT2D eigenvalue weighted by atomic mass is 10.1. The molecular weight excluding hydrogens is 322 g/mol. The van der Waals surface area contributed by atoms with E-state index in [-0.39, 0.29) is 12.1 Å². The fourth-order valence-corrected chi connectivity index (χ4v) is 3.40. The van der Waals surface area contributed by atoms with Crippen LogP contribution in [0.25, 0.3) is 0 Å². The van der Waals surface area contributed by atoms with Crippen LogP contribution in [-0.4, -0.2) is 46.1 Å². The standard InChI is InChI=1S/C18H21N3O4/c1-12(13-7-3-2-4-8-13)19-15(22)11-20-16(23)17(24)21(18(20)25)14-9-5-6-10-14/h2-4,7-8,12,14H,5-6,9-11H2,1H3,(H,19,22). The van der Waals surface area contributed by atoms with Gasteiger partial charge in [0.25, 0.3) is 0 Å². The summed E-state index contributed by atoms with van der Waals surface area (Å²) in [6.45, 7) is 1.38. The molecule has 1 atom stereocenters. The fraction of sp³-hybridized carbons (Fsp3) is 0.444. The largest absolute Gasteiger partial charge is 0.348 e. The summed E-state index contributed by atoms with van der Waals surface area (Å²) in [4.78, 5) is 50.7. The van der Waals surface area contributed by atoms with Gasteiger partial charge in [-0.05, 0) is 25.3 Å². The molecule has 1 unspecified atom stereocenters. The molecule has 1 aliphatic heterocycles. The van der Waals surface area contributed by atoms with Gasteiger partial charge in [-0.3, -0.25) is 19.3 Å². The van der Waals surface area contributed by atoms with Crippen LogP contribution in [-0.2, 0) is 14.4 Å². The smallest absolute Gasteiger partial charge is 0.334 e. The van der Waals surface area contributed by atoms with Gasteiger partial charge in [0.15, 0.2) is 0 Å². The number of rotatable bonds is 5. The van der Waals surface area contributed by atoms with Crippen LogP contribution in [0.3, 0.4) is 0 Å². The monoisotopic (exact) mass is 343 g/mol. The first-order valence-electron chi connectivity index (χ1n) is 8.52. The molecular formula is C18H21N3O4. The molecule has 1 N–H and O–H groups in total. The topological polar surface area (TPSA) is 86.8 Å². The summed E-state index contributed by atoms with van der Waals surface area (Å²) >= 11 is 0. The van der Waals surface area contributed by atoms with Gasteiger partial charge in [-0.2, -0.15) is 0 Å². The Morgan fingerprint density at radius 2 is 1.76 bits per heavy atom. The summed E-state index contributed by atoms with van der Waals surface area (Å²) in [5.74, 6) is -2.21. The van der Waals surface area contributed by atoms with Crippen molar-refractivity contribution in [3.8, 4) is 0 Å². The van der Waals surface area contributed by atoms with Gasteiger partial charge < -0.3 is 5.32 Å². The van der Waals surface area contributed by atoms with Crippen LogP contribution in [0.15, 0.2) is 30.3 Å². The number of hydrogen-bond donors (Lipinski definition) is 1. The van der Waals surface area contributed by atoms with E-state index in [1.807, 2.05) is 37.3 Å². The highest BCUT2D eigenvalue weighted by Gasteiger charge is 2.48. The summed E-state index contributed by atoms with van der Waals surface area (Å²) in [6.07, 6.45) is 3.31. The van der Waals surface area contributed by atoms with Gasteiger partial charge in [0.05, 0.1) is 6.04 Å². The first-order chi connectivity index (χ1) is 12.0. The van der Waals surface area contributed by atoms with E-state index in [1.54, 1.807) is 0 Å². The van der Waals surface area contributed by atoms with E-state index in [0.29, 0.717) is 0 Å². The molecule has 2 fully saturated rings. The summed E-state index contributed by atoms with van der Waals surface area (Å²) < 4.78 is 0. The molecule has 2 aliphatic rings. The minimum Gasteiger partial charge on any atom is -0.348 e. The van der Waals surface area contributed by atoms with Crippen LogP contribution in [0.1, 0.15) is 44.2 Å². The van der Waals surface area contributed by atoms with Crippen molar-refractivity contribution >= 4 is 23.8 Å². The Labute approximate surface area is 146 Å². The van der Waals surface area contributed by atoms with E-state index in [1.165, 1.54) is 0 Å². The molecule has 3 rings (SSSR count). The Bertz CT molecular complexity index is 698. The predicted molar refractivity (Wildman–Crippen MR) is 89.2 cm³/mol. The lowest BCUT2D eigenvalue weighted by molar-refractivity contribution is -0.144. The van der Waals surface area contributed by atoms with Crippen LogP contribution >= 0.6 is 0 Å². The van der Waals surface area contributed by atoms with Crippen molar-refractivity contribution in [1.82, 2.24) is 15.1 Å². The van der Waals surface area contributed by atoms with E-state index in [4.69, 9.17) is 0 Å². The molecule has 0 radical (unpaired) electrons. The molecule has 1 saturated carbocycles. The van der Waals surface area contributed by atoms with E-state index < -0.39 is 30.3 Å². The van der Waals surface area contributed by atoms with Crippen LogP contribution < -0.4 is 5.32 Å². The summed E-state index contributed by atoms with van der Waals surface area (Å²) in [7, 11) is 0. The number of nitrogens with zero attached hydrogens (tertiary/aromatic N) is 2. The number of carbonyl (C=O) groups excluding carboxylic acids is 4. The van der Waals surface area contributed by atoms with Crippen molar-refractivity contribution in [3.63, 3.8) is 0 Å². The molecule has 7 nitrogen and oxygen atoms in total. The average molecular weight is 343 g/mol. The molecule has 1 aromatic rings. The molecule has 0 bridgehead atoms. The average Bonchev–Trinajstić information content (AvgIpc) is 3.19. The number of imide groups is 2. The molecule has 1 aromatic carbocycles. The molecule has 7 heteroatoms. The molecule has 0 spiro atoms. The Balaban J connectivity index is 1.63. The fourth-order valence-electron chi connectivity index (χ4n) is 3.40. The lowest BCUT2D eigenvalue weighted by Crippen LogP contribution is -2.43. The quantitative estimate of drug-likeness (QED) is 0.650.